The number of carboxylic acid groups (broad SMARTS) is 1. The first kappa shape index (κ1) is 10.9. The highest BCUT2D eigenvalue weighted by atomic mass is 32.2. The fraction of sp³-hybridized carbons (Fsp3) is 0.300. The van der Waals surface area contributed by atoms with E-state index in [4.69, 9.17) is 10.8 Å². The van der Waals surface area contributed by atoms with E-state index in [-0.39, 0.29) is 5.92 Å². The molecule has 76 valence electrons. The highest BCUT2D eigenvalue weighted by Gasteiger charge is 2.11. The SMILES string of the molecule is CC(CSc1ccccc1N)C(=O)O. The van der Waals surface area contributed by atoms with Crippen LogP contribution >= 0.6 is 11.8 Å². The van der Waals surface area contributed by atoms with Crippen LogP contribution in [0.25, 0.3) is 0 Å². The molecule has 1 atom stereocenters. The van der Waals surface area contributed by atoms with E-state index in [1.54, 1.807) is 6.92 Å². The fourth-order valence-electron chi connectivity index (χ4n) is 0.898. The molecule has 0 saturated heterocycles. The summed E-state index contributed by atoms with van der Waals surface area (Å²) in [7, 11) is 0. The van der Waals surface area contributed by atoms with Gasteiger partial charge in [-0.2, -0.15) is 0 Å². The van der Waals surface area contributed by atoms with Crippen molar-refractivity contribution in [2.45, 2.75) is 11.8 Å². The Hall–Kier alpha value is -1.16. The highest BCUT2D eigenvalue weighted by molar-refractivity contribution is 7.99. The van der Waals surface area contributed by atoms with Crippen LogP contribution in [0, 0.1) is 5.92 Å². The number of hydrogen-bond acceptors (Lipinski definition) is 3. The molecule has 0 aliphatic rings. The number of benzene rings is 1. The topological polar surface area (TPSA) is 63.3 Å². The van der Waals surface area contributed by atoms with E-state index < -0.39 is 5.97 Å². The third-order valence-corrected chi connectivity index (χ3v) is 3.18. The maximum Gasteiger partial charge on any atom is 0.307 e. The number of carboxylic acids is 1. The van der Waals surface area contributed by atoms with E-state index in [2.05, 4.69) is 0 Å². The number of carbonyl (C=O) groups is 1. The molecule has 1 rings (SSSR count). The number of nitrogens with two attached hydrogens (primary N) is 1. The molecule has 0 radical (unpaired) electrons. The third-order valence-electron chi connectivity index (χ3n) is 1.83. The van der Waals surface area contributed by atoms with Crippen molar-refractivity contribution in [2.75, 3.05) is 11.5 Å². The zero-order valence-electron chi connectivity index (χ0n) is 7.93. The van der Waals surface area contributed by atoms with Crippen LogP contribution in [0.15, 0.2) is 29.2 Å². The van der Waals surface area contributed by atoms with Gasteiger partial charge < -0.3 is 10.8 Å². The third kappa shape index (κ3) is 2.96. The van der Waals surface area contributed by atoms with Gasteiger partial charge in [-0.25, -0.2) is 0 Å². The maximum absolute atomic E-state index is 10.6. The van der Waals surface area contributed by atoms with Crippen LogP contribution < -0.4 is 5.73 Å². The Morgan fingerprint density at radius 1 is 1.57 bits per heavy atom. The standard InChI is InChI=1S/C10H13NO2S/c1-7(10(12)13)6-14-9-5-3-2-4-8(9)11/h2-5,7H,6,11H2,1H3,(H,12,13). The van der Waals surface area contributed by atoms with Crippen molar-refractivity contribution in [1.29, 1.82) is 0 Å². The number of nitrogen functional groups attached to an aromatic ring is 1. The number of aliphatic carboxylic acids is 1. The molecule has 1 unspecified atom stereocenters. The van der Waals surface area contributed by atoms with Gasteiger partial charge in [0.15, 0.2) is 0 Å². The van der Waals surface area contributed by atoms with Gasteiger partial charge in [0, 0.05) is 16.3 Å². The van der Waals surface area contributed by atoms with Gasteiger partial charge in [-0.3, -0.25) is 4.79 Å². The van der Waals surface area contributed by atoms with Gasteiger partial charge in [-0.15, -0.1) is 11.8 Å². The molecule has 0 bridgehead atoms. The summed E-state index contributed by atoms with van der Waals surface area (Å²) in [6.07, 6.45) is 0. The summed E-state index contributed by atoms with van der Waals surface area (Å²) in [5.74, 6) is -0.574. The van der Waals surface area contributed by atoms with E-state index in [0.717, 1.165) is 4.90 Å². The van der Waals surface area contributed by atoms with Gasteiger partial charge in [0.1, 0.15) is 0 Å². The van der Waals surface area contributed by atoms with Gasteiger partial charge in [-0.1, -0.05) is 19.1 Å². The van der Waals surface area contributed by atoms with Gasteiger partial charge in [0.05, 0.1) is 5.92 Å². The van der Waals surface area contributed by atoms with Crippen molar-refractivity contribution in [2.24, 2.45) is 5.92 Å². The molecule has 1 aromatic carbocycles. The molecule has 4 heteroatoms. The van der Waals surface area contributed by atoms with Gasteiger partial charge in [0.25, 0.3) is 0 Å². The Morgan fingerprint density at radius 2 is 2.21 bits per heavy atom. The summed E-state index contributed by atoms with van der Waals surface area (Å²) in [6, 6.07) is 7.46. The first-order valence-corrected chi connectivity index (χ1v) is 5.30. The lowest BCUT2D eigenvalue weighted by Gasteiger charge is -2.07. The molecule has 3 nitrogen and oxygen atoms in total. The summed E-state index contributed by atoms with van der Waals surface area (Å²) in [6.45, 7) is 1.69. The second kappa shape index (κ2) is 4.91. The van der Waals surface area contributed by atoms with Crippen molar-refractivity contribution >= 4 is 23.4 Å². The number of hydrogen-bond donors (Lipinski definition) is 2. The fourth-order valence-corrected chi connectivity index (χ4v) is 1.88. The Labute approximate surface area is 87.3 Å². The normalized spacial score (nSPS) is 12.4. The number of para-hydroxylation sites is 1. The molecule has 14 heavy (non-hydrogen) atoms. The Bertz CT molecular complexity index is 328. The minimum Gasteiger partial charge on any atom is -0.481 e. The molecule has 0 saturated carbocycles. The Morgan fingerprint density at radius 3 is 2.79 bits per heavy atom. The minimum atomic E-state index is -0.771. The second-order valence-electron chi connectivity index (χ2n) is 3.09. The van der Waals surface area contributed by atoms with E-state index >= 15 is 0 Å². The van der Waals surface area contributed by atoms with Gasteiger partial charge >= 0.3 is 5.97 Å². The molecule has 0 aromatic heterocycles. The van der Waals surface area contributed by atoms with Crippen molar-refractivity contribution < 1.29 is 9.90 Å². The van der Waals surface area contributed by atoms with Crippen LogP contribution in [0.4, 0.5) is 5.69 Å². The van der Waals surface area contributed by atoms with Crippen LogP contribution in [0.2, 0.25) is 0 Å². The Balaban J connectivity index is 2.54. The largest absolute Gasteiger partial charge is 0.481 e. The van der Waals surface area contributed by atoms with E-state index in [0.29, 0.717) is 11.4 Å². The molecule has 0 aliphatic heterocycles. The first-order valence-electron chi connectivity index (χ1n) is 4.31. The molecule has 0 spiro atoms. The second-order valence-corrected chi connectivity index (χ2v) is 4.15. The zero-order chi connectivity index (χ0) is 10.6. The van der Waals surface area contributed by atoms with Crippen molar-refractivity contribution in [1.82, 2.24) is 0 Å². The molecule has 0 aliphatic carbocycles. The van der Waals surface area contributed by atoms with Crippen LogP contribution in [-0.2, 0) is 4.79 Å². The summed E-state index contributed by atoms with van der Waals surface area (Å²) in [4.78, 5) is 11.5. The maximum atomic E-state index is 10.6. The summed E-state index contributed by atoms with van der Waals surface area (Å²) in [5, 5.41) is 8.68. The average Bonchev–Trinajstić information content (AvgIpc) is 2.16. The molecular weight excluding hydrogens is 198 g/mol. The smallest absolute Gasteiger partial charge is 0.307 e. The van der Waals surface area contributed by atoms with Crippen LogP contribution in [-0.4, -0.2) is 16.8 Å². The number of thioether (sulfide) groups is 1. The van der Waals surface area contributed by atoms with Crippen LogP contribution in [0.1, 0.15) is 6.92 Å². The minimum absolute atomic E-state index is 0.348. The quantitative estimate of drug-likeness (QED) is 0.591. The van der Waals surface area contributed by atoms with E-state index in [9.17, 15) is 4.79 Å². The van der Waals surface area contributed by atoms with Crippen molar-refractivity contribution in [3.05, 3.63) is 24.3 Å². The van der Waals surface area contributed by atoms with E-state index in [1.165, 1.54) is 11.8 Å². The molecule has 0 heterocycles. The monoisotopic (exact) mass is 211 g/mol. The number of rotatable bonds is 4. The average molecular weight is 211 g/mol. The molecular formula is C10H13NO2S. The first-order chi connectivity index (χ1) is 6.61. The van der Waals surface area contributed by atoms with Crippen molar-refractivity contribution in [3.63, 3.8) is 0 Å². The van der Waals surface area contributed by atoms with Crippen molar-refractivity contribution in [3.8, 4) is 0 Å². The summed E-state index contributed by atoms with van der Waals surface area (Å²) < 4.78 is 0. The van der Waals surface area contributed by atoms with Gasteiger partial charge in [-0.05, 0) is 12.1 Å². The molecule has 0 fully saturated rings. The number of anilines is 1. The predicted molar refractivity (Wildman–Crippen MR) is 58.4 cm³/mol. The lowest BCUT2D eigenvalue weighted by molar-refractivity contribution is -0.140. The zero-order valence-corrected chi connectivity index (χ0v) is 8.75. The van der Waals surface area contributed by atoms with Crippen LogP contribution in [0.5, 0.6) is 0 Å². The highest BCUT2D eigenvalue weighted by Crippen LogP contribution is 2.26. The van der Waals surface area contributed by atoms with E-state index in [1.807, 2.05) is 24.3 Å². The molecule has 3 N–H and O–H groups in total. The summed E-state index contributed by atoms with van der Waals surface area (Å²) >= 11 is 1.48. The van der Waals surface area contributed by atoms with Gasteiger partial charge in [0.2, 0.25) is 0 Å². The summed E-state index contributed by atoms with van der Waals surface area (Å²) in [5.41, 5.74) is 6.42. The lowest BCUT2D eigenvalue weighted by Crippen LogP contribution is -2.11. The lowest BCUT2D eigenvalue weighted by atomic mass is 10.2. The molecule has 0 amide bonds. The molecule has 1 aromatic rings. The predicted octanol–water partition coefficient (Wildman–Crippen LogP) is 2.08. The van der Waals surface area contributed by atoms with Crippen LogP contribution in [0.3, 0.4) is 0 Å². The Kier molecular flexibility index (Phi) is 3.83.